The highest BCUT2D eigenvalue weighted by atomic mass is 19.4. The van der Waals surface area contributed by atoms with Crippen LogP contribution in [0.15, 0.2) is 0 Å². The van der Waals surface area contributed by atoms with Gasteiger partial charge in [0.1, 0.15) is 0 Å². The van der Waals surface area contributed by atoms with Crippen molar-refractivity contribution in [1.29, 1.82) is 0 Å². The molecule has 21 heavy (non-hydrogen) atoms. The highest BCUT2D eigenvalue weighted by molar-refractivity contribution is 5.84. The zero-order chi connectivity index (χ0) is 16.4. The van der Waals surface area contributed by atoms with Gasteiger partial charge in [-0.25, -0.2) is 0 Å². The van der Waals surface area contributed by atoms with E-state index in [4.69, 9.17) is 5.73 Å². The fourth-order valence-corrected chi connectivity index (χ4v) is 2.83. The molecule has 4 nitrogen and oxygen atoms in total. The van der Waals surface area contributed by atoms with E-state index in [9.17, 15) is 18.0 Å². The molecule has 0 aromatic rings. The molecule has 0 spiro atoms. The molecule has 2 atom stereocenters. The number of nitrogens with zero attached hydrogens (tertiary/aromatic N) is 1. The number of hydrogen-bond acceptors (Lipinski definition) is 3. The number of halogens is 3. The number of nitrogens with two attached hydrogens (primary N) is 1. The summed E-state index contributed by atoms with van der Waals surface area (Å²) in [7, 11) is 0. The van der Waals surface area contributed by atoms with Gasteiger partial charge in [0.25, 0.3) is 0 Å². The molecule has 1 fully saturated rings. The molecule has 1 aliphatic rings. The second-order valence-electron chi connectivity index (χ2n) is 6.57. The molecule has 3 N–H and O–H groups in total. The molecular weight excluding hydrogens is 283 g/mol. The van der Waals surface area contributed by atoms with Crippen LogP contribution in [0.5, 0.6) is 0 Å². The minimum atomic E-state index is -4.23. The monoisotopic (exact) mass is 309 g/mol. The van der Waals surface area contributed by atoms with Crippen LogP contribution in [0, 0.1) is 0 Å². The third-order valence-electron chi connectivity index (χ3n) is 3.80. The Morgan fingerprint density at radius 3 is 2.19 bits per heavy atom. The number of carbonyl (C=O) groups is 1. The van der Waals surface area contributed by atoms with Crippen molar-refractivity contribution in [2.45, 2.75) is 76.8 Å². The molecule has 1 amide bonds. The molecule has 7 heteroatoms. The maximum atomic E-state index is 12.7. The van der Waals surface area contributed by atoms with Crippen LogP contribution < -0.4 is 11.1 Å². The number of alkyl halides is 3. The number of hydrogen-bond donors (Lipinski definition) is 2. The van der Waals surface area contributed by atoms with Crippen LogP contribution in [0.25, 0.3) is 0 Å². The van der Waals surface area contributed by atoms with Crippen molar-refractivity contribution >= 4 is 5.91 Å². The zero-order valence-electron chi connectivity index (χ0n) is 13.1. The summed E-state index contributed by atoms with van der Waals surface area (Å²) in [6, 6.07) is -0.382. The lowest BCUT2D eigenvalue weighted by molar-refractivity contribution is -0.153. The Balaban J connectivity index is 2.78. The highest BCUT2D eigenvalue weighted by Gasteiger charge is 2.43. The Kier molecular flexibility index (Phi) is 5.66. The molecule has 0 aromatic heterocycles. The average molecular weight is 309 g/mol. The van der Waals surface area contributed by atoms with Gasteiger partial charge in [-0.05, 0) is 47.0 Å². The zero-order valence-corrected chi connectivity index (χ0v) is 13.1. The molecule has 0 aliphatic heterocycles. The maximum absolute atomic E-state index is 12.7. The first-order valence-corrected chi connectivity index (χ1v) is 7.34. The third kappa shape index (κ3) is 5.82. The molecule has 0 radical (unpaired) electrons. The smallest absolute Gasteiger partial charge is 0.368 e. The SMILES string of the molecule is CC(C)NC(C)(CC(C)N(CC(F)(F)F)C1CC1)C(N)=O. The van der Waals surface area contributed by atoms with E-state index in [1.807, 2.05) is 13.8 Å². The van der Waals surface area contributed by atoms with Crippen LogP contribution in [0.3, 0.4) is 0 Å². The molecule has 0 heterocycles. The summed E-state index contributed by atoms with van der Waals surface area (Å²) < 4.78 is 38.1. The van der Waals surface area contributed by atoms with Crippen molar-refractivity contribution in [2.24, 2.45) is 5.73 Å². The van der Waals surface area contributed by atoms with Crippen LogP contribution in [0.1, 0.15) is 47.0 Å². The average Bonchev–Trinajstić information content (AvgIpc) is 3.06. The van der Waals surface area contributed by atoms with Gasteiger partial charge in [-0.2, -0.15) is 13.2 Å². The van der Waals surface area contributed by atoms with Crippen molar-refractivity contribution in [2.75, 3.05) is 6.54 Å². The van der Waals surface area contributed by atoms with Gasteiger partial charge < -0.3 is 11.1 Å². The van der Waals surface area contributed by atoms with E-state index in [1.165, 1.54) is 4.90 Å². The summed E-state index contributed by atoms with van der Waals surface area (Å²) >= 11 is 0. The standard InChI is InChI=1S/C14H26F3N3O/c1-9(2)19-13(4,12(18)21)7-10(3)20(11-5-6-11)8-14(15,16)17/h9-11,19H,5-8H2,1-4H3,(H2,18,21). The van der Waals surface area contributed by atoms with Gasteiger partial charge in [0.15, 0.2) is 0 Å². The fraction of sp³-hybridized carbons (Fsp3) is 0.929. The quantitative estimate of drug-likeness (QED) is 0.721. The van der Waals surface area contributed by atoms with Gasteiger partial charge in [0.05, 0.1) is 12.1 Å². The van der Waals surface area contributed by atoms with E-state index in [0.29, 0.717) is 0 Å². The van der Waals surface area contributed by atoms with E-state index in [1.54, 1.807) is 13.8 Å². The first-order valence-electron chi connectivity index (χ1n) is 7.34. The topological polar surface area (TPSA) is 58.4 Å². The van der Waals surface area contributed by atoms with Crippen molar-refractivity contribution in [3.63, 3.8) is 0 Å². The summed E-state index contributed by atoms with van der Waals surface area (Å²) in [5.74, 6) is -0.536. The summed E-state index contributed by atoms with van der Waals surface area (Å²) in [5.41, 5.74) is 4.44. The Bertz CT molecular complexity index is 369. The molecule has 124 valence electrons. The second-order valence-corrected chi connectivity index (χ2v) is 6.57. The Labute approximate surface area is 124 Å². The normalized spacial score (nSPS) is 20.6. The van der Waals surface area contributed by atoms with E-state index in [0.717, 1.165) is 12.8 Å². The summed E-state index contributed by atoms with van der Waals surface area (Å²) in [6.07, 6.45) is -2.41. The van der Waals surface area contributed by atoms with Gasteiger partial charge in [-0.15, -0.1) is 0 Å². The summed E-state index contributed by atoms with van der Waals surface area (Å²) in [5, 5.41) is 3.08. The third-order valence-corrected chi connectivity index (χ3v) is 3.80. The Morgan fingerprint density at radius 2 is 1.86 bits per heavy atom. The number of primary amides is 1. The van der Waals surface area contributed by atoms with E-state index < -0.39 is 24.2 Å². The minimum absolute atomic E-state index is 0.0201. The highest BCUT2D eigenvalue weighted by Crippen LogP contribution is 2.33. The first kappa shape index (κ1) is 18.2. The molecule has 0 aromatic carbocycles. The molecule has 2 unspecified atom stereocenters. The summed E-state index contributed by atoms with van der Waals surface area (Å²) in [4.78, 5) is 13.2. The molecule has 1 rings (SSSR count). The lowest BCUT2D eigenvalue weighted by Gasteiger charge is -2.37. The predicted molar refractivity (Wildman–Crippen MR) is 75.7 cm³/mol. The number of carbonyl (C=O) groups excluding carboxylic acids is 1. The van der Waals surface area contributed by atoms with Crippen molar-refractivity contribution < 1.29 is 18.0 Å². The molecule has 1 saturated carbocycles. The van der Waals surface area contributed by atoms with Crippen molar-refractivity contribution in [3.05, 3.63) is 0 Å². The number of rotatable bonds is 8. The Morgan fingerprint density at radius 1 is 1.33 bits per heavy atom. The fourth-order valence-electron chi connectivity index (χ4n) is 2.83. The van der Waals surface area contributed by atoms with E-state index in [2.05, 4.69) is 5.32 Å². The molecule has 1 aliphatic carbocycles. The molecule has 0 saturated heterocycles. The van der Waals surface area contributed by atoms with Gasteiger partial charge in [-0.3, -0.25) is 9.69 Å². The van der Waals surface area contributed by atoms with Crippen molar-refractivity contribution in [3.8, 4) is 0 Å². The maximum Gasteiger partial charge on any atom is 0.401 e. The van der Waals surface area contributed by atoms with Gasteiger partial charge in [0.2, 0.25) is 5.91 Å². The van der Waals surface area contributed by atoms with Crippen LogP contribution in [0.4, 0.5) is 13.2 Å². The second kappa shape index (κ2) is 6.52. The van der Waals surface area contributed by atoms with Crippen LogP contribution in [0.2, 0.25) is 0 Å². The van der Waals surface area contributed by atoms with Gasteiger partial charge in [-0.1, -0.05) is 0 Å². The molecular formula is C14H26F3N3O. The number of nitrogens with one attached hydrogen (secondary N) is 1. The molecule has 0 bridgehead atoms. The predicted octanol–water partition coefficient (Wildman–Crippen LogP) is 2.03. The van der Waals surface area contributed by atoms with Crippen LogP contribution in [-0.4, -0.2) is 47.2 Å². The van der Waals surface area contributed by atoms with E-state index in [-0.39, 0.29) is 24.5 Å². The number of amides is 1. The van der Waals surface area contributed by atoms with Crippen LogP contribution >= 0.6 is 0 Å². The largest absolute Gasteiger partial charge is 0.401 e. The van der Waals surface area contributed by atoms with Crippen LogP contribution in [-0.2, 0) is 4.79 Å². The first-order chi connectivity index (χ1) is 9.44. The Hall–Kier alpha value is -0.820. The van der Waals surface area contributed by atoms with Crippen molar-refractivity contribution in [1.82, 2.24) is 10.2 Å². The lowest BCUT2D eigenvalue weighted by atomic mass is 9.91. The summed E-state index contributed by atoms with van der Waals surface area (Å²) in [6.45, 7) is 6.20. The lowest BCUT2D eigenvalue weighted by Crippen LogP contribution is -2.58. The van der Waals surface area contributed by atoms with Gasteiger partial charge >= 0.3 is 6.18 Å². The van der Waals surface area contributed by atoms with E-state index >= 15 is 0 Å². The van der Waals surface area contributed by atoms with Gasteiger partial charge in [0, 0.05) is 18.1 Å². The minimum Gasteiger partial charge on any atom is -0.368 e.